The van der Waals surface area contributed by atoms with Gasteiger partial charge in [-0.3, -0.25) is 0 Å². The summed E-state index contributed by atoms with van der Waals surface area (Å²) in [5, 5.41) is 31.6. The van der Waals surface area contributed by atoms with E-state index in [-0.39, 0.29) is 6.61 Å². The number of aliphatic hydroxyl groups is 2. The van der Waals surface area contributed by atoms with E-state index in [1.54, 1.807) is 24.3 Å². The molecule has 2 rings (SSSR count). The van der Waals surface area contributed by atoms with Crippen LogP contribution < -0.4 is 10.1 Å². The first kappa shape index (κ1) is 15.7. The molecular weight excluding hydrogens is 272 g/mol. The number of nitriles is 1. The Morgan fingerprint density at radius 2 is 2.19 bits per heavy atom. The number of rotatable bonds is 7. The van der Waals surface area contributed by atoms with E-state index in [9.17, 15) is 10.2 Å². The number of nitrogens with zero attached hydrogens (tertiary/aromatic N) is 1. The molecule has 6 nitrogen and oxygen atoms in total. The van der Waals surface area contributed by atoms with E-state index in [0.29, 0.717) is 44.0 Å². The van der Waals surface area contributed by atoms with Crippen LogP contribution in [0.2, 0.25) is 0 Å². The smallest absolute Gasteiger partial charge is 0.119 e. The lowest BCUT2D eigenvalue weighted by Crippen LogP contribution is -2.44. The molecule has 0 saturated carbocycles. The third-order valence-corrected chi connectivity index (χ3v) is 3.34. The summed E-state index contributed by atoms with van der Waals surface area (Å²) in [6.07, 6.45) is -0.0655. The summed E-state index contributed by atoms with van der Waals surface area (Å²) in [7, 11) is 0. The van der Waals surface area contributed by atoms with Gasteiger partial charge in [0.2, 0.25) is 0 Å². The fourth-order valence-corrected chi connectivity index (χ4v) is 2.08. The van der Waals surface area contributed by atoms with Crippen molar-refractivity contribution >= 4 is 0 Å². The van der Waals surface area contributed by atoms with Crippen molar-refractivity contribution in [3.8, 4) is 11.8 Å². The Kier molecular flexibility index (Phi) is 5.53. The first-order chi connectivity index (χ1) is 10.1. The normalized spacial score (nSPS) is 22.7. The van der Waals surface area contributed by atoms with Gasteiger partial charge in [0.15, 0.2) is 0 Å². The lowest BCUT2D eigenvalue weighted by atomic mass is 10.0. The Labute approximate surface area is 123 Å². The number of benzene rings is 1. The van der Waals surface area contributed by atoms with Gasteiger partial charge in [0.25, 0.3) is 0 Å². The molecule has 0 radical (unpaired) electrons. The van der Waals surface area contributed by atoms with Crippen LogP contribution in [-0.2, 0) is 4.74 Å². The van der Waals surface area contributed by atoms with Crippen LogP contribution >= 0.6 is 0 Å². The minimum atomic E-state index is -0.826. The number of nitrogens with one attached hydrogen (secondary N) is 1. The van der Waals surface area contributed by atoms with E-state index in [2.05, 4.69) is 5.32 Å². The molecule has 1 aromatic rings. The lowest BCUT2D eigenvalue weighted by Gasteiger charge is -2.22. The minimum absolute atomic E-state index is 0.147. The summed E-state index contributed by atoms with van der Waals surface area (Å²) in [4.78, 5) is 0. The SMILES string of the molecule is N#Cc1ccc(OCC(O)CNCC2(O)CCOC2)cc1. The van der Waals surface area contributed by atoms with Crippen LogP contribution in [-0.4, -0.2) is 54.8 Å². The molecule has 1 fully saturated rings. The predicted octanol–water partition coefficient (Wildman–Crippen LogP) is 0.0390. The first-order valence-corrected chi connectivity index (χ1v) is 6.93. The van der Waals surface area contributed by atoms with Crippen LogP contribution in [0, 0.1) is 11.3 Å². The molecule has 0 bridgehead atoms. The molecular formula is C15H20N2O4. The predicted molar refractivity (Wildman–Crippen MR) is 75.9 cm³/mol. The Balaban J connectivity index is 1.65. The van der Waals surface area contributed by atoms with Gasteiger partial charge in [-0.25, -0.2) is 0 Å². The molecule has 6 heteroatoms. The zero-order chi connectivity index (χ0) is 15.1. The molecule has 2 unspecified atom stereocenters. The lowest BCUT2D eigenvalue weighted by molar-refractivity contribution is 0.0226. The van der Waals surface area contributed by atoms with Crippen molar-refractivity contribution in [1.82, 2.24) is 5.32 Å². The molecule has 0 spiro atoms. The highest BCUT2D eigenvalue weighted by Crippen LogP contribution is 2.16. The molecule has 1 aliphatic heterocycles. The summed E-state index contributed by atoms with van der Waals surface area (Å²) >= 11 is 0. The average molecular weight is 292 g/mol. The van der Waals surface area contributed by atoms with E-state index < -0.39 is 11.7 Å². The average Bonchev–Trinajstić information content (AvgIpc) is 2.92. The minimum Gasteiger partial charge on any atom is -0.491 e. The molecule has 1 aliphatic rings. The summed E-state index contributed by atoms with van der Waals surface area (Å²) in [5.41, 5.74) is -0.259. The number of aliphatic hydroxyl groups excluding tert-OH is 1. The van der Waals surface area contributed by atoms with Gasteiger partial charge in [-0.2, -0.15) is 5.26 Å². The Morgan fingerprint density at radius 3 is 2.81 bits per heavy atom. The summed E-state index contributed by atoms with van der Waals surface area (Å²) in [5.74, 6) is 0.607. The van der Waals surface area contributed by atoms with Crippen molar-refractivity contribution in [2.75, 3.05) is 32.9 Å². The highest BCUT2D eigenvalue weighted by Gasteiger charge is 2.31. The molecule has 1 aromatic carbocycles. The molecule has 0 aromatic heterocycles. The van der Waals surface area contributed by atoms with Gasteiger partial charge >= 0.3 is 0 Å². The molecule has 0 amide bonds. The highest BCUT2D eigenvalue weighted by atomic mass is 16.5. The van der Waals surface area contributed by atoms with Gasteiger partial charge in [0.1, 0.15) is 24.1 Å². The van der Waals surface area contributed by atoms with Gasteiger partial charge in [-0.15, -0.1) is 0 Å². The zero-order valence-electron chi connectivity index (χ0n) is 11.8. The maximum atomic E-state index is 10.0. The topological polar surface area (TPSA) is 94.7 Å². The van der Waals surface area contributed by atoms with Crippen LogP contribution in [0.4, 0.5) is 0 Å². The molecule has 3 N–H and O–H groups in total. The summed E-state index contributed by atoms with van der Waals surface area (Å²) < 4.78 is 10.6. The van der Waals surface area contributed by atoms with Crippen LogP contribution in [0.15, 0.2) is 24.3 Å². The third-order valence-electron chi connectivity index (χ3n) is 3.34. The maximum absolute atomic E-state index is 10.0. The van der Waals surface area contributed by atoms with Crippen LogP contribution in [0.1, 0.15) is 12.0 Å². The molecule has 114 valence electrons. The second kappa shape index (κ2) is 7.38. The molecule has 0 aliphatic carbocycles. The first-order valence-electron chi connectivity index (χ1n) is 6.93. The molecule has 21 heavy (non-hydrogen) atoms. The molecule has 2 atom stereocenters. The molecule has 1 saturated heterocycles. The van der Waals surface area contributed by atoms with Gasteiger partial charge in [-0.1, -0.05) is 0 Å². The van der Waals surface area contributed by atoms with E-state index in [1.165, 1.54) is 0 Å². The van der Waals surface area contributed by atoms with Crippen molar-refractivity contribution in [1.29, 1.82) is 5.26 Å². The molecule has 1 heterocycles. The van der Waals surface area contributed by atoms with Gasteiger partial charge in [0.05, 0.1) is 18.2 Å². The van der Waals surface area contributed by atoms with Crippen LogP contribution in [0.5, 0.6) is 5.75 Å². The van der Waals surface area contributed by atoms with Crippen molar-refractivity contribution in [3.63, 3.8) is 0 Å². The van der Waals surface area contributed by atoms with Crippen LogP contribution in [0.3, 0.4) is 0 Å². The van der Waals surface area contributed by atoms with Crippen molar-refractivity contribution in [2.45, 2.75) is 18.1 Å². The van der Waals surface area contributed by atoms with Crippen molar-refractivity contribution in [3.05, 3.63) is 29.8 Å². The van der Waals surface area contributed by atoms with Gasteiger partial charge < -0.3 is 25.0 Å². The second-order valence-electron chi connectivity index (χ2n) is 5.26. The van der Waals surface area contributed by atoms with E-state index >= 15 is 0 Å². The number of ether oxygens (including phenoxy) is 2. The maximum Gasteiger partial charge on any atom is 0.119 e. The largest absolute Gasteiger partial charge is 0.491 e. The Bertz CT molecular complexity index is 477. The fraction of sp³-hybridized carbons (Fsp3) is 0.533. The van der Waals surface area contributed by atoms with Gasteiger partial charge in [0, 0.05) is 26.1 Å². The van der Waals surface area contributed by atoms with Crippen molar-refractivity contribution < 1.29 is 19.7 Å². The highest BCUT2D eigenvalue weighted by molar-refractivity contribution is 5.34. The van der Waals surface area contributed by atoms with Gasteiger partial charge in [-0.05, 0) is 24.3 Å². The standard InChI is InChI=1S/C15H20N2O4/c16-7-12-1-3-14(4-2-12)21-9-13(18)8-17-10-15(19)5-6-20-11-15/h1-4,13,17-19H,5-6,8-11H2. The van der Waals surface area contributed by atoms with E-state index in [0.717, 1.165) is 0 Å². The monoisotopic (exact) mass is 292 g/mol. The summed E-state index contributed by atoms with van der Waals surface area (Å²) in [6.45, 7) is 1.77. The van der Waals surface area contributed by atoms with Crippen LogP contribution in [0.25, 0.3) is 0 Å². The fourth-order valence-electron chi connectivity index (χ4n) is 2.08. The second-order valence-corrected chi connectivity index (χ2v) is 5.26. The zero-order valence-corrected chi connectivity index (χ0v) is 11.8. The van der Waals surface area contributed by atoms with E-state index in [4.69, 9.17) is 14.7 Å². The Morgan fingerprint density at radius 1 is 1.43 bits per heavy atom. The summed E-state index contributed by atoms with van der Waals surface area (Å²) in [6, 6.07) is 8.74. The number of hydrogen-bond donors (Lipinski definition) is 3. The van der Waals surface area contributed by atoms with E-state index in [1.807, 2.05) is 6.07 Å². The quantitative estimate of drug-likeness (QED) is 0.657. The third kappa shape index (κ3) is 4.99. The Hall–Kier alpha value is -1.65. The van der Waals surface area contributed by atoms with Crippen molar-refractivity contribution in [2.24, 2.45) is 0 Å². The number of hydrogen-bond acceptors (Lipinski definition) is 6.